The highest BCUT2D eigenvalue weighted by Crippen LogP contribution is 2.38. The van der Waals surface area contributed by atoms with Gasteiger partial charge < -0.3 is 0 Å². The predicted octanol–water partition coefficient (Wildman–Crippen LogP) is 3.75. The molecule has 1 aromatic carbocycles. The van der Waals surface area contributed by atoms with E-state index in [0.717, 1.165) is 24.1 Å². The molecule has 7 heteroatoms. The minimum atomic E-state index is -0.351. The molecule has 22 heavy (non-hydrogen) atoms. The number of amides is 1. The number of nitrogens with zero attached hydrogens (tertiary/aromatic N) is 2. The van der Waals surface area contributed by atoms with Gasteiger partial charge >= 0.3 is 0 Å². The Morgan fingerprint density at radius 3 is 2.59 bits per heavy atom. The van der Waals surface area contributed by atoms with Crippen LogP contribution in [0.25, 0.3) is 0 Å². The van der Waals surface area contributed by atoms with E-state index in [4.69, 9.17) is 23.2 Å². The van der Waals surface area contributed by atoms with Gasteiger partial charge in [0.05, 0.1) is 5.71 Å². The lowest BCUT2D eigenvalue weighted by Gasteiger charge is -2.03. The second kappa shape index (κ2) is 6.10. The Balaban J connectivity index is 1.69. The molecule has 0 saturated heterocycles. The molecule has 0 spiro atoms. The molecular weight excluding hydrogens is 323 g/mol. The van der Waals surface area contributed by atoms with Crippen LogP contribution in [0.15, 0.2) is 29.4 Å². The van der Waals surface area contributed by atoms with Crippen molar-refractivity contribution in [1.82, 2.24) is 15.6 Å². The number of carbonyl (C=O) groups excluding carboxylic acids is 1. The summed E-state index contributed by atoms with van der Waals surface area (Å²) in [5.74, 6) is 0.170. The monoisotopic (exact) mass is 336 g/mol. The summed E-state index contributed by atoms with van der Waals surface area (Å²) >= 11 is 11.9. The van der Waals surface area contributed by atoms with E-state index in [1.165, 1.54) is 0 Å². The Morgan fingerprint density at radius 1 is 1.27 bits per heavy atom. The number of rotatable bonds is 4. The molecule has 5 nitrogen and oxygen atoms in total. The van der Waals surface area contributed by atoms with Crippen molar-refractivity contribution in [2.75, 3.05) is 0 Å². The Bertz CT molecular complexity index is 730. The van der Waals surface area contributed by atoms with E-state index in [2.05, 4.69) is 20.7 Å². The van der Waals surface area contributed by atoms with Crippen LogP contribution in [-0.4, -0.2) is 21.8 Å². The van der Waals surface area contributed by atoms with Crippen LogP contribution in [0.5, 0.6) is 0 Å². The lowest BCUT2D eigenvalue weighted by Crippen LogP contribution is -2.19. The molecule has 1 fully saturated rings. The average Bonchev–Trinajstić information content (AvgIpc) is 3.20. The predicted molar refractivity (Wildman–Crippen MR) is 86.7 cm³/mol. The molecule has 3 rings (SSSR count). The highest BCUT2D eigenvalue weighted by atomic mass is 35.5. The van der Waals surface area contributed by atoms with E-state index < -0.39 is 0 Å². The number of aromatic nitrogens is 2. The standard InChI is InChI=1S/C15H14Cl2N4O/c1-8(10-4-11(16)6-12(17)5-10)18-21-15(22)14-7-13(19-20-14)9-2-3-9/h4-7,9H,2-3H2,1H3,(H,19,20)(H,21,22). The van der Waals surface area contributed by atoms with Gasteiger partial charge in [0, 0.05) is 27.2 Å². The molecular formula is C15H14Cl2N4O. The second-order valence-corrected chi connectivity index (χ2v) is 6.15. The molecule has 1 heterocycles. The Hall–Kier alpha value is -1.85. The summed E-state index contributed by atoms with van der Waals surface area (Å²) in [6, 6.07) is 6.88. The van der Waals surface area contributed by atoms with Gasteiger partial charge in [0.15, 0.2) is 5.69 Å². The van der Waals surface area contributed by atoms with Crippen molar-refractivity contribution in [2.24, 2.45) is 5.10 Å². The van der Waals surface area contributed by atoms with E-state index in [-0.39, 0.29) is 5.91 Å². The van der Waals surface area contributed by atoms with Crippen LogP contribution in [0.1, 0.15) is 47.4 Å². The normalized spacial score (nSPS) is 15.0. The van der Waals surface area contributed by atoms with Crippen LogP contribution in [0.2, 0.25) is 10.0 Å². The summed E-state index contributed by atoms with van der Waals surface area (Å²) in [7, 11) is 0. The number of hydrogen-bond acceptors (Lipinski definition) is 3. The first-order valence-electron chi connectivity index (χ1n) is 6.89. The van der Waals surface area contributed by atoms with E-state index in [1.54, 1.807) is 31.2 Å². The van der Waals surface area contributed by atoms with Gasteiger partial charge in [-0.1, -0.05) is 23.2 Å². The van der Waals surface area contributed by atoms with Gasteiger partial charge in [0.2, 0.25) is 0 Å². The minimum Gasteiger partial charge on any atom is -0.281 e. The third kappa shape index (κ3) is 3.48. The maximum Gasteiger partial charge on any atom is 0.291 e. The van der Waals surface area contributed by atoms with E-state index >= 15 is 0 Å². The molecule has 1 amide bonds. The summed E-state index contributed by atoms with van der Waals surface area (Å²) in [5.41, 5.74) is 5.19. The minimum absolute atomic E-state index is 0.336. The maximum atomic E-state index is 12.0. The molecule has 0 aliphatic heterocycles. The van der Waals surface area contributed by atoms with Gasteiger partial charge in [0.25, 0.3) is 5.91 Å². The van der Waals surface area contributed by atoms with Crippen molar-refractivity contribution in [3.05, 3.63) is 51.3 Å². The topological polar surface area (TPSA) is 70.1 Å². The summed E-state index contributed by atoms with van der Waals surface area (Å²) < 4.78 is 0. The van der Waals surface area contributed by atoms with Gasteiger partial charge in [0.1, 0.15) is 0 Å². The molecule has 0 radical (unpaired) electrons. The highest BCUT2D eigenvalue weighted by molar-refractivity contribution is 6.35. The smallest absolute Gasteiger partial charge is 0.281 e. The highest BCUT2D eigenvalue weighted by Gasteiger charge is 2.26. The molecule has 0 bridgehead atoms. The van der Waals surface area contributed by atoms with E-state index in [9.17, 15) is 4.79 Å². The van der Waals surface area contributed by atoms with Crippen molar-refractivity contribution in [3.63, 3.8) is 0 Å². The quantitative estimate of drug-likeness (QED) is 0.659. The number of aromatic amines is 1. The second-order valence-electron chi connectivity index (χ2n) is 5.28. The molecule has 0 atom stereocenters. The largest absolute Gasteiger partial charge is 0.291 e. The first-order chi connectivity index (χ1) is 10.5. The zero-order valence-corrected chi connectivity index (χ0v) is 13.4. The number of H-pyrrole nitrogens is 1. The molecule has 0 unspecified atom stereocenters. The molecule has 2 aromatic rings. The first-order valence-corrected chi connectivity index (χ1v) is 7.65. The SMILES string of the molecule is CC(=NNC(=O)c1cc(C2CC2)[nH]n1)c1cc(Cl)cc(Cl)c1. The van der Waals surface area contributed by atoms with E-state index in [0.29, 0.717) is 27.4 Å². The first kappa shape index (κ1) is 15.1. The van der Waals surface area contributed by atoms with Crippen molar-refractivity contribution >= 4 is 34.8 Å². The van der Waals surface area contributed by atoms with Crippen molar-refractivity contribution in [2.45, 2.75) is 25.7 Å². The van der Waals surface area contributed by atoms with E-state index in [1.807, 2.05) is 0 Å². The van der Waals surface area contributed by atoms with Crippen molar-refractivity contribution in [3.8, 4) is 0 Å². The van der Waals surface area contributed by atoms with Crippen molar-refractivity contribution < 1.29 is 4.79 Å². The fraction of sp³-hybridized carbons (Fsp3) is 0.267. The van der Waals surface area contributed by atoms with Crippen LogP contribution in [-0.2, 0) is 0 Å². The Kier molecular flexibility index (Phi) is 4.18. The van der Waals surface area contributed by atoms with Crippen LogP contribution in [0, 0.1) is 0 Å². The number of carbonyl (C=O) groups is 1. The number of nitrogens with one attached hydrogen (secondary N) is 2. The third-order valence-electron chi connectivity index (χ3n) is 3.45. The summed E-state index contributed by atoms with van der Waals surface area (Å²) in [6.45, 7) is 1.77. The fourth-order valence-corrected chi connectivity index (χ4v) is 2.60. The maximum absolute atomic E-state index is 12.0. The molecule has 1 aromatic heterocycles. The number of halogens is 2. The van der Waals surface area contributed by atoms with Gasteiger partial charge in [-0.15, -0.1) is 0 Å². The zero-order valence-electron chi connectivity index (χ0n) is 11.9. The van der Waals surface area contributed by atoms with Crippen LogP contribution >= 0.6 is 23.2 Å². The van der Waals surface area contributed by atoms with Gasteiger partial charge in [-0.3, -0.25) is 9.89 Å². The lowest BCUT2D eigenvalue weighted by molar-refractivity contribution is 0.0950. The zero-order chi connectivity index (χ0) is 15.7. The Labute approximate surface area is 137 Å². The van der Waals surface area contributed by atoms with Crippen molar-refractivity contribution in [1.29, 1.82) is 0 Å². The van der Waals surface area contributed by atoms with Crippen LogP contribution < -0.4 is 5.43 Å². The van der Waals surface area contributed by atoms with Crippen LogP contribution in [0.4, 0.5) is 0 Å². The molecule has 1 saturated carbocycles. The third-order valence-corrected chi connectivity index (χ3v) is 3.89. The fourth-order valence-electron chi connectivity index (χ4n) is 2.08. The Morgan fingerprint density at radius 2 is 1.95 bits per heavy atom. The van der Waals surface area contributed by atoms with Crippen LogP contribution in [0.3, 0.4) is 0 Å². The average molecular weight is 337 g/mol. The number of hydrazone groups is 1. The molecule has 114 valence electrons. The molecule has 1 aliphatic carbocycles. The number of benzene rings is 1. The number of hydrogen-bond donors (Lipinski definition) is 2. The molecule has 2 N–H and O–H groups in total. The summed E-state index contributed by atoms with van der Waals surface area (Å²) in [4.78, 5) is 12.0. The van der Waals surface area contributed by atoms with Gasteiger partial charge in [-0.05, 0) is 44.0 Å². The van der Waals surface area contributed by atoms with Gasteiger partial charge in [-0.2, -0.15) is 10.2 Å². The summed E-state index contributed by atoms with van der Waals surface area (Å²) in [5, 5.41) is 12.0. The van der Waals surface area contributed by atoms with Gasteiger partial charge in [-0.25, -0.2) is 5.43 Å². The molecule has 1 aliphatic rings. The lowest BCUT2D eigenvalue weighted by atomic mass is 10.1. The summed E-state index contributed by atoms with van der Waals surface area (Å²) in [6.07, 6.45) is 2.30.